The first-order chi connectivity index (χ1) is 12.8. The molecule has 138 valence electrons. The van der Waals surface area contributed by atoms with Crippen LogP contribution in [0.2, 0.25) is 0 Å². The molecule has 2 N–H and O–H groups in total. The lowest BCUT2D eigenvalue weighted by Gasteiger charge is -2.37. The maximum atomic E-state index is 12.0. The number of rotatable bonds is 5. The Hall–Kier alpha value is -2.96. The summed E-state index contributed by atoms with van der Waals surface area (Å²) < 4.78 is 5.20. The fourth-order valence-electron chi connectivity index (χ4n) is 2.97. The zero-order valence-corrected chi connectivity index (χ0v) is 15.0. The van der Waals surface area contributed by atoms with Gasteiger partial charge in [-0.2, -0.15) is 0 Å². The molecule has 0 aliphatic carbocycles. The number of carbonyl (C=O) groups is 1. The van der Waals surface area contributed by atoms with Crippen molar-refractivity contribution in [3.63, 3.8) is 0 Å². The lowest BCUT2D eigenvalue weighted by atomic mass is 10.2. The van der Waals surface area contributed by atoms with Gasteiger partial charge < -0.3 is 24.9 Å². The molecule has 0 spiro atoms. The summed E-state index contributed by atoms with van der Waals surface area (Å²) >= 11 is 0. The monoisotopic (exact) mass is 355 g/mol. The third kappa shape index (κ3) is 4.78. The largest absolute Gasteiger partial charge is 0.467 e. The standard InChI is InChI=1S/C19H25N5O2/c1-20-19(22-15-18(25)21-14-17-8-5-13-26-17)24-11-9-23(10-12-24)16-6-3-2-4-7-16/h2-8,13H,9-12,14-15H2,1H3,(H,20,22)(H,21,25). The number of nitrogens with one attached hydrogen (secondary N) is 2. The molecule has 1 saturated heterocycles. The van der Waals surface area contributed by atoms with Crippen LogP contribution in [0.3, 0.4) is 0 Å². The summed E-state index contributed by atoms with van der Waals surface area (Å²) in [5.41, 5.74) is 1.24. The molecule has 7 nitrogen and oxygen atoms in total. The van der Waals surface area contributed by atoms with Gasteiger partial charge in [-0.25, -0.2) is 0 Å². The van der Waals surface area contributed by atoms with E-state index in [0.29, 0.717) is 6.54 Å². The molecule has 2 aromatic rings. The second-order valence-corrected chi connectivity index (χ2v) is 6.07. The van der Waals surface area contributed by atoms with E-state index in [0.717, 1.165) is 37.9 Å². The molecular weight excluding hydrogens is 330 g/mol. The molecule has 0 radical (unpaired) electrons. The predicted octanol–water partition coefficient (Wildman–Crippen LogP) is 1.29. The average Bonchev–Trinajstić information content (AvgIpc) is 3.22. The first kappa shape index (κ1) is 17.8. The van der Waals surface area contributed by atoms with Crippen molar-refractivity contribution in [2.75, 3.05) is 44.7 Å². The zero-order chi connectivity index (χ0) is 18.2. The van der Waals surface area contributed by atoms with E-state index < -0.39 is 0 Å². The summed E-state index contributed by atoms with van der Waals surface area (Å²) in [4.78, 5) is 20.8. The van der Waals surface area contributed by atoms with Crippen molar-refractivity contribution in [3.05, 3.63) is 54.5 Å². The molecule has 1 aromatic carbocycles. The number of nitrogens with zero attached hydrogens (tertiary/aromatic N) is 3. The number of guanidine groups is 1. The summed E-state index contributed by atoms with van der Waals surface area (Å²) in [5.74, 6) is 1.40. The molecule has 2 heterocycles. The van der Waals surface area contributed by atoms with E-state index >= 15 is 0 Å². The Labute approximate surface area is 153 Å². The molecule has 1 aromatic heterocycles. The van der Waals surface area contributed by atoms with Gasteiger partial charge in [-0.1, -0.05) is 18.2 Å². The normalized spacial score (nSPS) is 15.0. The van der Waals surface area contributed by atoms with E-state index in [2.05, 4.69) is 49.7 Å². The molecule has 1 amide bonds. The van der Waals surface area contributed by atoms with Crippen molar-refractivity contribution in [2.45, 2.75) is 6.54 Å². The maximum absolute atomic E-state index is 12.0. The Morgan fingerprint density at radius 3 is 2.50 bits per heavy atom. The third-order valence-electron chi connectivity index (χ3n) is 4.36. The number of furan rings is 1. The van der Waals surface area contributed by atoms with Crippen LogP contribution in [0.4, 0.5) is 5.69 Å². The Bertz CT molecular complexity index is 707. The van der Waals surface area contributed by atoms with Gasteiger partial charge in [0.15, 0.2) is 5.96 Å². The van der Waals surface area contributed by atoms with Gasteiger partial charge in [0.25, 0.3) is 0 Å². The molecular formula is C19H25N5O2. The van der Waals surface area contributed by atoms with Gasteiger partial charge in [0.1, 0.15) is 5.76 Å². The Morgan fingerprint density at radius 1 is 1.08 bits per heavy atom. The fourth-order valence-corrected chi connectivity index (χ4v) is 2.97. The number of hydrogen-bond donors (Lipinski definition) is 2. The molecule has 0 bridgehead atoms. The van der Waals surface area contributed by atoms with Crippen molar-refractivity contribution in [2.24, 2.45) is 4.99 Å². The lowest BCUT2D eigenvalue weighted by molar-refractivity contribution is -0.120. The summed E-state index contributed by atoms with van der Waals surface area (Å²) in [6.45, 7) is 4.16. The molecule has 26 heavy (non-hydrogen) atoms. The van der Waals surface area contributed by atoms with E-state index in [1.165, 1.54) is 5.69 Å². The van der Waals surface area contributed by atoms with Crippen molar-refractivity contribution >= 4 is 17.6 Å². The van der Waals surface area contributed by atoms with Gasteiger partial charge in [0.05, 0.1) is 19.4 Å². The summed E-state index contributed by atoms with van der Waals surface area (Å²) in [6, 6.07) is 14.0. The number of piperazine rings is 1. The van der Waals surface area contributed by atoms with Gasteiger partial charge in [-0.15, -0.1) is 0 Å². The van der Waals surface area contributed by atoms with E-state index in [4.69, 9.17) is 4.42 Å². The minimum Gasteiger partial charge on any atom is -0.467 e. The van der Waals surface area contributed by atoms with Gasteiger partial charge in [0, 0.05) is 38.9 Å². The van der Waals surface area contributed by atoms with E-state index in [1.807, 2.05) is 12.1 Å². The molecule has 3 rings (SSSR count). The number of anilines is 1. The maximum Gasteiger partial charge on any atom is 0.239 e. The minimum atomic E-state index is -0.0922. The predicted molar refractivity (Wildman–Crippen MR) is 102 cm³/mol. The Balaban J connectivity index is 1.42. The van der Waals surface area contributed by atoms with Crippen LogP contribution in [0.1, 0.15) is 5.76 Å². The SMILES string of the molecule is CN=C(NCC(=O)NCc1ccco1)N1CCN(c2ccccc2)CC1. The molecule has 1 fully saturated rings. The quantitative estimate of drug-likeness (QED) is 0.625. The smallest absolute Gasteiger partial charge is 0.239 e. The first-order valence-corrected chi connectivity index (χ1v) is 8.81. The van der Waals surface area contributed by atoms with Crippen molar-refractivity contribution in [1.29, 1.82) is 0 Å². The van der Waals surface area contributed by atoms with E-state index in [9.17, 15) is 4.79 Å². The highest BCUT2D eigenvalue weighted by Gasteiger charge is 2.20. The highest BCUT2D eigenvalue weighted by atomic mass is 16.3. The molecule has 7 heteroatoms. The van der Waals surface area contributed by atoms with Gasteiger partial charge in [-0.05, 0) is 24.3 Å². The highest BCUT2D eigenvalue weighted by molar-refractivity contribution is 5.86. The molecule has 1 aliphatic heterocycles. The van der Waals surface area contributed by atoms with Crippen LogP contribution >= 0.6 is 0 Å². The van der Waals surface area contributed by atoms with Crippen LogP contribution in [0.5, 0.6) is 0 Å². The fraction of sp³-hybridized carbons (Fsp3) is 0.368. The van der Waals surface area contributed by atoms with Crippen molar-refractivity contribution in [3.8, 4) is 0 Å². The summed E-state index contributed by atoms with van der Waals surface area (Å²) in [6.07, 6.45) is 1.59. The summed E-state index contributed by atoms with van der Waals surface area (Å²) in [7, 11) is 1.74. The number of hydrogen-bond acceptors (Lipinski definition) is 4. The Morgan fingerprint density at radius 2 is 1.85 bits per heavy atom. The number of benzene rings is 1. The number of carbonyl (C=O) groups excluding carboxylic acids is 1. The van der Waals surface area contributed by atoms with Crippen LogP contribution in [-0.2, 0) is 11.3 Å². The highest BCUT2D eigenvalue weighted by Crippen LogP contribution is 2.15. The first-order valence-electron chi connectivity index (χ1n) is 8.81. The van der Waals surface area contributed by atoms with Crippen LogP contribution in [-0.4, -0.2) is 56.5 Å². The molecule has 0 saturated carbocycles. The van der Waals surface area contributed by atoms with Crippen LogP contribution < -0.4 is 15.5 Å². The van der Waals surface area contributed by atoms with Crippen LogP contribution in [0.15, 0.2) is 58.1 Å². The number of aliphatic imine (C=N–C) groups is 1. The summed E-state index contributed by atoms with van der Waals surface area (Å²) in [5, 5.41) is 5.96. The van der Waals surface area contributed by atoms with Crippen LogP contribution in [0, 0.1) is 0 Å². The van der Waals surface area contributed by atoms with E-state index in [1.54, 1.807) is 19.4 Å². The second-order valence-electron chi connectivity index (χ2n) is 6.07. The van der Waals surface area contributed by atoms with Crippen molar-refractivity contribution < 1.29 is 9.21 Å². The van der Waals surface area contributed by atoms with Gasteiger partial charge in [0.2, 0.25) is 5.91 Å². The average molecular weight is 355 g/mol. The van der Waals surface area contributed by atoms with Gasteiger partial charge in [-0.3, -0.25) is 9.79 Å². The third-order valence-corrected chi connectivity index (χ3v) is 4.36. The molecule has 1 aliphatic rings. The molecule has 0 atom stereocenters. The Kier molecular flexibility index (Phi) is 6.14. The van der Waals surface area contributed by atoms with E-state index in [-0.39, 0.29) is 12.5 Å². The minimum absolute atomic E-state index is 0.0922. The molecule has 0 unspecified atom stereocenters. The van der Waals surface area contributed by atoms with Crippen LogP contribution in [0.25, 0.3) is 0 Å². The topological polar surface area (TPSA) is 73.1 Å². The number of amides is 1. The van der Waals surface area contributed by atoms with Crippen molar-refractivity contribution in [1.82, 2.24) is 15.5 Å². The lowest BCUT2D eigenvalue weighted by Crippen LogP contribution is -2.53. The second kappa shape index (κ2) is 8.94. The number of para-hydroxylation sites is 1. The zero-order valence-electron chi connectivity index (χ0n) is 15.0. The van der Waals surface area contributed by atoms with Gasteiger partial charge >= 0.3 is 0 Å².